The highest BCUT2D eigenvalue weighted by Crippen LogP contribution is 2.25. The fourth-order valence-electron chi connectivity index (χ4n) is 2.34. The van der Waals surface area contributed by atoms with Crippen molar-refractivity contribution in [3.05, 3.63) is 71.9 Å². The zero-order valence-electron chi connectivity index (χ0n) is 14.8. The van der Waals surface area contributed by atoms with Crippen molar-refractivity contribution >= 4 is 23.4 Å². The number of carbonyl (C=O) groups is 1. The van der Waals surface area contributed by atoms with Crippen LogP contribution in [-0.4, -0.2) is 34.4 Å². The molecule has 0 aliphatic rings. The molecule has 0 bridgehead atoms. The van der Waals surface area contributed by atoms with Crippen LogP contribution in [0.1, 0.15) is 15.9 Å². The summed E-state index contributed by atoms with van der Waals surface area (Å²) in [6, 6.07) is 9.73. The number of nitrogens with one attached hydrogen (secondary N) is 1. The van der Waals surface area contributed by atoms with Crippen molar-refractivity contribution in [3.63, 3.8) is 0 Å². The molecule has 2 aromatic heterocycles. The number of hydrogen-bond acceptors (Lipinski definition) is 5. The van der Waals surface area contributed by atoms with Crippen LogP contribution in [-0.2, 0) is 17.0 Å². The van der Waals surface area contributed by atoms with Crippen LogP contribution in [0.25, 0.3) is 0 Å². The Morgan fingerprint density at radius 2 is 2.11 bits per heavy atom. The highest BCUT2D eigenvalue weighted by molar-refractivity contribution is 7.98. The summed E-state index contributed by atoms with van der Waals surface area (Å²) in [7, 11) is 1.62. The number of nitrogens with zero attached hydrogens (tertiary/aromatic N) is 3. The Balaban J connectivity index is 1.66. The Labute approximate surface area is 160 Å². The van der Waals surface area contributed by atoms with Crippen molar-refractivity contribution < 1.29 is 13.9 Å². The Morgan fingerprint density at radius 1 is 1.30 bits per heavy atom. The minimum Gasteiger partial charge on any atom is -0.383 e. The molecule has 1 aromatic carbocycles. The number of hydrogen-bond donors (Lipinski definition) is 1. The minimum absolute atomic E-state index is 0.254. The lowest BCUT2D eigenvalue weighted by molar-refractivity contribution is 0.102. The molecule has 3 aromatic rings. The third kappa shape index (κ3) is 5.38. The van der Waals surface area contributed by atoms with E-state index < -0.39 is 0 Å². The first-order chi connectivity index (χ1) is 13.2. The highest BCUT2D eigenvalue weighted by Gasteiger charge is 2.14. The standard InChI is InChI=1S/C19H19FN4O2S/c1-26-10-9-24-12-16(11-22-24)23-18(25)17-3-2-8-21-19(17)27-13-14-4-6-15(20)7-5-14/h2-8,11-12H,9-10,13H2,1H3,(H,23,25). The quantitative estimate of drug-likeness (QED) is 0.599. The largest absolute Gasteiger partial charge is 0.383 e. The number of pyridine rings is 1. The van der Waals surface area contributed by atoms with Crippen LogP contribution >= 0.6 is 11.8 Å². The van der Waals surface area contributed by atoms with E-state index >= 15 is 0 Å². The van der Waals surface area contributed by atoms with Gasteiger partial charge in [0.05, 0.1) is 30.6 Å². The maximum atomic E-state index is 13.0. The van der Waals surface area contributed by atoms with Crippen molar-refractivity contribution in [2.24, 2.45) is 0 Å². The smallest absolute Gasteiger partial charge is 0.258 e. The molecule has 0 atom stereocenters. The minimum atomic E-state index is -0.271. The molecule has 1 N–H and O–H groups in total. The third-order valence-corrected chi connectivity index (χ3v) is 4.80. The summed E-state index contributed by atoms with van der Waals surface area (Å²) in [6.07, 6.45) is 4.99. The number of aromatic nitrogens is 3. The SMILES string of the molecule is COCCn1cc(NC(=O)c2cccnc2SCc2ccc(F)cc2)cn1. The highest BCUT2D eigenvalue weighted by atomic mass is 32.2. The number of halogens is 1. The second-order valence-electron chi connectivity index (χ2n) is 5.71. The van der Waals surface area contributed by atoms with E-state index in [0.717, 1.165) is 5.56 Å². The van der Waals surface area contributed by atoms with Crippen molar-refractivity contribution in [2.45, 2.75) is 17.3 Å². The predicted molar refractivity (Wildman–Crippen MR) is 102 cm³/mol. The molecule has 0 radical (unpaired) electrons. The number of amides is 1. The second-order valence-corrected chi connectivity index (χ2v) is 6.67. The number of rotatable bonds is 8. The van der Waals surface area contributed by atoms with Gasteiger partial charge in [-0.25, -0.2) is 9.37 Å². The molecule has 27 heavy (non-hydrogen) atoms. The summed E-state index contributed by atoms with van der Waals surface area (Å²) in [5.41, 5.74) is 2.04. The normalized spacial score (nSPS) is 10.7. The Bertz CT molecular complexity index is 899. The van der Waals surface area contributed by atoms with E-state index in [9.17, 15) is 9.18 Å². The van der Waals surface area contributed by atoms with E-state index in [1.54, 1.807) is 54.6 Å². The summed E-state index contributed by atoms with van der Waals surface area (Å²) in [5, 5.41) is 7.63. The van der Waals surface area contributed by atoms with Gasteiger partial charge in [0.2, 0.25) is 0 Å². The zero-order chi connectivity index (χ0) is 19.1. The molecular formula is C19H19FN4O2S. The van der Waals surface area contributed by atoms with Crippen LogP contribution in [0.4, 0.5) is 10.1 Å². The summed E-state index contributed by atoms with van der Waals surface area (Å²) in [6.45, 7) is 1.15. The number of benzene rings is 1. The van der Waals surface area contributed by atoms with Gasteiger partial charge in [0.1, 0.15) is 10.8 Å². The lowest BCUT2D eigenvalue weighted by atomic mass is 10.2. The first-order valence-electron chi connectivity index (χ1n) is 8.30. The summed E-state index contributed by atoms with van der Waals surface area (Å²) < 4.78 is 19.7. The molecule has 0 spiro atoms. The van der Waals surface area contributed by atoms with Gasteiger partial charge in [-0.05, 0) is 29.8 Å². The summed E-state index contributed by atoms with van der Waals surface area (Å²) in [4.78, 5) is 16.9. The molecule has 2 heterocycles. The average molecular weight is 386 g/mol. The number of anilines is 1. The molecule has 140 valence electrons. The van der Waals surface area contributed by atoms with Crippen LogP contribution < -0.4 is 5.32 Å². The molecule has 3 rings (SSSR count). The number of carbonyl (C=O) groups excluding carboxylic acids is 1. The lowest BCUT2D eigenvalue weighted by Gasteiger charge is -2.08. The molecular weight excluding hydrogens is 367 g/mol. The topological polar surface area (TPSA) is 69.0 Å². The first kappa shape index (κ1) is 19.1. The molecule has 0 fully saturated rings. The Morgan fingerprint density at radius 3 is 2.89 bits per heavy atom. The Kier molecular flexibility index (Phi) is 6.56. The van der Waals surface area contributed by atoms with E-state index in [0.29, 0.717) is 35.2 Å². The number of ether oxygens (including phenoxy) is 1. The number of thioether (sulfide) groups is 1. The first-order valence-corrected chi connectivity index (χ1v) is 9.29. The van der Waals surface area contributed by atoms with Crippen molar-refractivity contribution in [1.82, 2.24) is 14.8 Å². The predicted octanol–water partition coefficient (Wildman–Crippen LogP) is 3.61. The van der Waals surface area contributed by atoms with Crippen LogP contribution in [0.15, 0.2) is 60.0 Å². The van der Waals surface area contributed by atoms with Gasteiger partial charge in [0.15, 0.2) is 0 Å². The molecule has 0 aliphatic heterocycles. The molecule has 0 aliphatic carbocycles. The van der Waals surface area contributed by atoms with Crippen molar-refractivity contribution in [1.29, 1.82) is 0 Å². The van der Waals surface area contributed by atoms with Crippen LogP contribution in [0.3, 0.4) is 0 Å². The molecule has 0 saturated carbocycles. The van der Waals surface area contributed by atoms with E-state index in [1.165, 1.54) is 23.9 Å². The number of methoxy groups -OCH3 is 1. The van der Waals surface area contributed by atoms with Gasteiger partial charge in [-0.1, -0.05) is 12.1 Å². The van der Waals surface area contributed by atoms with Crippen LogP contribution in [0.5, 0.6) is 0 Å². The Hall–Kier alpha value is -2.71. The monoisotopic (exact) mass is 386 g/mol. The molecule has 0 saturated heterocycles. The lowest BCUT2D eigenvalue weighted by Crippen LogP contribution is -2.13. The summed E-state index contributed by atoms with van der Waals surface area (Å²) in [5.74, 6) is 0.0654. The van der Waals surface area contributed by atoms with Gasteiger partial charge in [0.25, 0.3) is 5.91 Å². The van der Waals surface area contributed by atoms with Gasteiger partial charge in [-0.15, -0.1) is 11.8 Å². The van der Waals surface area contributed by atoms with Gasteiger partial charge in [0, 0.05) is 25.3 Å². The fraction of sp³-hybridized carbons (Fsp3) is 0.211. The maximum Gasteiger partial charge on any atom is 0.258 e. The van der Waals surface area contributed by atoms with E-state index in [4.69, 9.17) is 4.74 Å². The molecule has 8 heteroatoms. The zero-order valence-corrected chi connectivity index (χ0v) is 15.6. The van der Waals surface area contributed by atoms with Gasteiger partial charge in [-0.2, -0.15) is 5.10 Å². The van der Waals surface area contributed by atoms with Crippen molar-refractivity contribution in [2.75, 3.05) is 19.0 Å². The van der Waals surface area contributed by atoms with Gasteiger partial charge >= 0.3 is 0 Å². The molecule has 6 nitrogen and oxygen atoms in total. The van der Waals surface area contributed by atoms with Crippen LogP contribution in [0, 0.1) is 5.82 Å². The van der Waals surface area contributed by atoms with E-state index in [2.05, 4.69) is 15.4 Å². The van der Waals surface area contributed by atoms with Crippen molar-refractivity contribution in [3.8, 4) is 0 Å². The summed E-state index contributed by atoms with van der Waals surface area (Å²) >= 11 is 1.43. The molecule has 0 unspecified atom stereocenters. The van der Waals surface area contributed by atoms with Gasteiger partial charge < -0.3 is 10.1 Å². The average Bonchev–Trinajstić information content (AvgIpc) is 3.13. The second kappa shape index (κ2) is 9.29. The molecule has 1 amide bonds. The van der Waals surface area contributed by atoms with Gasteiger partial charge in [-0.3, -0.25) is 9.48 Å². The van der Waals surface area contributed by atoms with E-state index in [-0.39, 0.29) is 11.7 Å². The maximum absolute atomic E-state index is 13.0. The van der Waals surface area contributed by atoms with Crippen LogP contribution in [0.2, 0.25) is 0 Å². The fourth-order valence-corrected chi connectivity index (χ4v) is 3.29. The third-order valence-electron chi connectivity index (χ3n) is 3.72. The van der Waals surface area contributed by atoms with E-state index in [1.807, 2.05) is 0 Å².